The Kier molecular flexibility index (Phi) is 12.0. The predicted molar refractivity (Wildman–Crippen MR) is 38.1 cm³/mol. The number of benzene rings is 1. The van der Waals surface area contributed by atoms with Crippen LogP contribution in [0.1, 0.15) is 14.0 Å². The molecule has 4 heteroatoms. The zero-order valence-electron chi connectivity index (χ0n) is 9.20. The van der Waals surface area contributed by atoms with Crippen molar-refractivity contribution < 1.29 is 106 Å². The first-order valence-electron chi connectivity index (χ1n) is 2.77. The van der Waals surface area contributed by atoms with Gasteiger partial charge in [-0.15, -0.1) is 0 Å². The second kappa shape index (κ2) is 9.04. The third-order valence-electron chi connectivity index (χ3n) is 1.14. The Labute approximate surface area is 160 Å². The minimum Gasteiger partial charge on any atom is -1.00 e. The number of hydrogen-bond donors (Lipinski definition) is 0. The maximum atomic E-state index is 8.37. The Morgan fingerprint density at radius 2 is 1.08 bits per heavy atom. The van der Waals surface area contributed by atoms with E-state index in [1.807, 2.05) is 12.1 Å². The summed E-state index contributed by atoms with van der Waals surface area (Å²) in [5, 5.41) is 16.7. The van der Waals surface area contributed by atoms with E-state index in [1.165, 1.54) is 0 Å². The standard InChI is InChI=1S/C8H4N2.2K.2H/c9-5-7-1-2-8(6-10)4-3-7;;;;/h1-4H;;;;/q;2*+1;2*-1. The molecule has 1 aromatic carbocycles. The SMILES string of the molecule is N#Cc1ccc(C#N)cc1.[H-].[H-].[K+].[K+]. The molecule has 50 valence electrons. The minimum atomic E-state index is 0. The van der Waals surface area contributed by atoms with Crippen molar-refractivity contribution in [1.82, 2.24) is 0 Å². The molecule has 1 rings (SSSR count). The van der Waals surface area contributed by atoms with Crippen LogP contribution < -0.4 is 103 Å². The van der Waals surface area contributed by atoms with Gasteiger partial charge in [-0.05, 0) is 24.3 Å². The van der Waals surface area contributed by atoms with Crippen molar-refractivity contribution in [2.75, 3.05) is 0 Å². The van der Waals surface area contributed by atoms with Gasteiger partial charge in [0.15, 0.2) is 0 Å². The first kappa shape index (κ1) is 15.9. The normalized spacial score (nSPS) is 6.50. The van der Waals surface area contributed by atoms with E-state index in [9.17, 15) is 0 Å². The Balaban J connectivity index is -0.000000125. The summed E-state index contributed by atoms with van der Waals surface area (Å²) in [6.07, 6.45) is 0. The number of hydrogen-bond acceptors (Lipinski definition) is 2. The Morgan fingerprint density at radius 1 is 0.833 bits per heavy atom. The van der Waals surface area contributed by atoms with Crippen LogP contribution in [0.2, 0.25) is 0 Å². The summed E-state index contributed by atoms with van der Waals surface area (Å²) in [6.45, 7) is 0. The second-order valence-electron chi connectivity index (χ2n) is 1.80. The van der Waals surface area contributed by atoms with E-state index in [4.69, 9.17) is 10.5 Å². The summed E-state index contributed by atoms with van der Waals surface area (Å²) in [4.78, 5) is 0. The summed E-state index contributed by atoms with van der Waals surface area (Å²) in [6, 6.07) is 10.4. The topological polar surface area (TPSA) is 47.6 Å². The first-order chi connectivity index (χ1) is 4.86. The average Bonchev–Trinajstić information content (AvgIpc) is 2.05. The fourth-order valence-corrected chi connectivity index (χ4v) is 0.619. The molecule has 0 spiro atoms. The molecule has 0 unspecified atom stereocenters. The van der Waals surface area contributed by atoms with E-state index in [0.717, 1.165) is 0 Å². The third-order valence-corrected chi connectivity index (χ3v) is 1.14. The molecular weight excluding hydrogens is 202 g/mol. The molecule has 0 amide bonds. The molecular formula is C8H6K2N2. The molecule has 0 saturated carbocycles. The summed E-state index contributed by atoms with van der Waals surface area (Å²) in [5.74, 6) is 0. The van der Waals surface area contributed by atoms with E-state index in [0.29, 0.717) is 11.1 Å². The number of nitriles is 2. The molecule has 0 atom stereocenters. The monoisotopic (exact) mass is 208 g/mol. The molecule has 0 aromatic heterocycles. The Bertz CT molecular complexity index is 281. The van der Waals surface area contributed by atoms with Gasteiger partial charge in [0.2, 0.25) is 0 Å². The van der Waals surface area contributed by atoms with E-state index in [2.05, 4.69) is 0 Å². The van der Waals surface area contributed by atoms with E-state index in [1.54, 1.807) is 24.3 Å². The molecule has 1 aromatic rings. The summed E-state index contributed by atoms with van der Waals surface area (Å²) < 4.78 is 0. The molecule has 2 nitrogen and oxygen atoms in total. The maximum Gasteiger partial charge on any atom is 1.00 e. The van der Waals surface area contributed by atoms with Crippen LogP contribution >= 0.6 is 0 Å². The number of rotatable bonds is 0. The van der Waals surface area contributed by atoms with Crippen molar-refractivity contribution in [3.63, 3.8) is 0 Å². The van der Waals surface area contributed by atoms with Gasteiger partial charge in [0, 0.05) is 0 Å². The van der Waals surface area contributed by atoms with E-state index in [-0.39, 0.29) is 106 Å². The zero-order chi connectivity index (χ0) is 7.40. The average molecular weight is 208 g/mol. The van der Waals surface area contributed by atoms with E-state index >= 15 is 0 Å². The fraction of sp³-hybridized carbons (Fsp3) is 0. The van der Waals surface area contributed by atoms with Crippen molar-refractivity contribution in [3.05, 3.63) is 35.4 Å². The molecule has 0 aliphatic rings. The van der Waals surface area contributed by atoms with Crippen molar-refractivity contribution >= 4 is 0 Å². The molecule has 0 aliphatic heterocycles. The molecule has 0 radical (unpaired) electrons. The molecule has 12 heavy (non-hydrogen) atoms. The molecule has 0 heterocycles. The van der Waals surface area contributed by atoms with Gasteiger partial charge in [0.25, 0.3) is 0 Å². The second-order valence-corrected chi connectivity index (χ2v) is 1.80. The van der Waals surface area contributed by atoms with Gasteiger partial charge in [0.05, 0.1) is 23.3 Å². The summed E-state index contributed by atoms with van der Waals surface area (Å²) in [7, 11) is 0. The van der Waals surface area contributed by atoms with Crippen molar-refractivity contribution in [2.45, 2.75) is 0 Å². The van der Waals surface area contributed by atoms with Crippen LogP contribution in [-0.2, 0) is 0 Å². The minimum absolute atomic E-state index is 0. The quantitative estimate of drug-likeness (QED) is 0.405. The molecule has 0 aliphatic carbocycles. The maximum absolute atomic E-state index is 8.37. The molecule has 0 N–H and O–H groups in total. The Morgan fingerprint density at radius 3 is 1.25 bits per heavy atom. The van der Waals surface area contributed by atoms with Crippen LogP contribution in [-0.4, -0.2) is 0 Å². The van der Waals surface area contributed by atoms with Gasteiger partial charge in [-0.25, -0.2) is 0 Å². The van der Waals surface area contributed by atoms with Gasteiger partial charge in [0.1, 0.15) is 0 Å². The Hall–Kier alpha value is 1.47. The molecule has 0 saturated heterocycles. The predicted octanol–water partition coefficient (Wildman–Crippen LogP) is -4.34. The smallest absolute Gasteiger partial charge is 1.00 e. The van der Waals surface area contributed by atoms with Crippen LogP contribution in [0.5, 0.6) is 0 Å². The van der Waals surface area contributed by atoms with Gasteiger partial charge >= 0.3 is 103 Å². The molecule has 0 bridgehead atoms. The van der Waals surface area contributed by atoms with E-state index < -0.39 is 0 Å². The first-order valence-corrected chi connectivity index (χ1v) is 2.77. The van der Waals surface area contributed by atoms with Crippen molar-refractivity contribution in [3.8, 4) is 12.1 Å². The fourth-order valence-electron chi connectivity index (χ4n) is 0.619. The van der Waals surface area contributed by atoms with Crippen LogP contribution in [0.4, 0.5) is 0 Å². The summed E-state index contributed by atoms with van der Waals surface area (Å²) in [5.41, 5.74) is 1.16. The van der Waals surface area contributed by atoms with Gasteiger partial charge in [-0.1, -0.05) is 0 Å². The van der Waals surface area contributed by atoms with Crippen LogP contribution in [0.15, 0.2) is 24.3 Å². The number of nitrogens with zero attached hydrogens (tertiary/aromatic N) is 2. The summed E-state index contributed by atoms with van der Waals surface area (Å²) >= 11 is 0. The van der Waals surface area contributed by atoms with Gasteiger partial charge in [-0.2, -0.15) is 10.5 Å². The van der Waals surface area contributed by atoms with Crippen LogP contribution in [0, 0.1) is 22.7 Å². The van der Waals surface area contributed by atoms with Crippen molar-refractivity contribution in [2.24, 2.45) is 0 Å². The van der Waals surface area contributed by atoms with Crippen LogP contribution in [0.3, 0.4) is 0 Å². The third kappa shape index (κ3) is 5.26. The molecule has 0 fully saturated rings. The van der Waals surface area contributed by atoms with Crippen LogP contribution in [0.25, 0.3) is 0 Å². The van der Waals surface area contributed by atoms with Gasteiger partial charge < -0.3 is 2.85 Å². The van der Waals surface area contributed by atoms with Gasteiger partial charge in [-0.3, -0.25) is 0 Å². The zero-order valence-corrected chi connectivity index (χ0v) is 13.5. The van der Waals surface area contributed by atoms with Crippen molar-refractivity contribution in [1.29, 1.82) is 10.5 Å². The largest absolute Gasteiger partial charge is 1.00 e.